The van der Waals surface area contributed by atoms with E-state index in [9.17, 15) is 18.0 Å². The summed E-state index contributed by atoms with van der Waals surface area (Å²) >= 11 is 0. The number of rotatable bonds is 4. The number of sulfonamides is 1. The van der Waals surface area contributed by atoms with E-state index < -0.39 is 34.0 Å². The van der Waals surface area contributed by atoms with Gasteiger partial charge in [-0.05, 0) is 42.2 Å². The van der Waals surface area contributed by atoms with Gasteiger partial charge in [0, 0.05) is 6.54 Å². The Morgan fingerprint density at radius 3 is 2.28 bits per heavy atom. The lowest BCUT2D eigenvalue weighted by Crippen LogP contribution is -2.64. The van der Waals surface area contributed by atoms with Crippen molar-refractivity contribution in [3.05, 3.63) is 60.2 Å². The maximum absolute atomic E-state index is 13.3. The first-order chi connectivity index (χ1) is 13.8. The number of hydrogen-bond acceptors (Lipinski definition) is 4. The Kier molecular flexibility index (Phi) is 4.92. The quantitative estimate of drug-likeness (QED) is 0.835. The lowest BCUT2D eigenvalue weighted by molar-refractivity contribution is -0.122. The number of imide groups is 1. The minimum Gasteiger partial charge on any atom is -0.332 e. The van der Waals surface area contributed by atoms with Crippen LogP contribution >= 0.6 is 0 Å². The fourth-order valence-corrected chi connectivity index (χ4v) is 5.57. The van der Waals surface area contributed by atoms with Crippen LogP contribution in [0.1, 0.15) is 31.7 Å². The maximum atomic E-state index is 13.3. The molecule has 2 aliphatic rings. The monoisotopic (exact) mass is 413 g/mol. The van der Waals surface area contributed by atoms with Gasteiger partial charge in [-0.2, -0.15) is 4.31 Å². The highest BCUT2D eigenvalue weighted by Gasteiger charge is 2.52. The van der Waals surface area contributed by atoms with E-state index in [0.717, 1.165) is 10.5 Å². The van der Waals surface area contributed by atoms with E-state index in [1.54, 1.807) is 30.3 Å². The van der Waals surface area contributed by atoms with Crippen LogP contribution in [0.4, 0.5) is 10.5 Å². The van der Waals surface area contributed by atoms with E-state index in [-0.39, 0.29) is 11.4 Å². The number of hydrogen-bond donors (Lipinski definition) is 1. The molecule has 4 rings (SSSR count). The van der Waals surface area contributed by atoms with Gasteiger partial charge >= 0.3 is 6.03 Å². The van der Waals surface area contributed by atoms with Crippen molar-refractivity contribution in [3.63, 3.8) is 0 Å². The zero-order valence-electron chi connectivity index (χ0n) is 16.3. The molecule has 0 saturated carbocycles. The van der Waals surface area contributed by atoms with Crippen molar-refractivity contribution in [2.24, 2.45) is 0 Å². The molecule has 2 fully saturated rings. The molecule has 29 heavy (non-hydrogen) atoms. The van der Waals surface area contributed by atoms with Crippen molar-refractivity contribution in [1.82, 2.24) is 9.62 Å². The molecule has 7 nitrogen and oxygen atoms in total. The van der Waals surface area contributed by atoms with Gasteiger partial charge in [0.05, 0.1) is 16.6 Å². The summed E-state index contributed by atoms with van der Waals surface area (Å²) in [5.41, 5.74) is 1.52. The van der Waals surface area contributed by atoms with Crippen molar-refractivity contribution in [2.75, 3.05) is 11.4 Å². The molecule has 152 valence electrons. The minimum atomic E-state index is -3.85. The number of benzene rings is 2. The molecule has 2 heterocycles. The number of fused-ring (bicyclic) bond motifs is 1. The molecule has 2 aromatic carbocycles. The van der Waals surface area contributed by atoms with E-state index in [2.05, 4.69) is 19.2 Å². The number of nitrogens with one attached hydrogen (secondary N) is 1. The summed E-state index contributed by atoms with van der Waals surface area (Å²) in [5, 5.41) is 2.81. The molecule has 2 atom stereocenters. The van der Waals surface area contributed by atoms with Crippen LogP contribution in [0.5, 0.6) is 0 Å². The minimum absolute atomic E-state index is 0.137. The lowest BCUT2D eigenvalue weighted by Gasteiger charge is -2.36. The molecule has 2 aromatic rings. The molecular weight excluding hydrogens is 390 g/mol. The van der Waals surface area contributed by atoms with Crippen molar-refractivity contribution >= 4 is 27.6 Å². The van der Waals surface area contributed by atoms with Gasteiger partial charge < -0.3 is 5.32 Å². The molecule has 3 amide bonds. The van der Waals surface area contributed by atoms with Crippen LogP contribution in [0.3, 0.4) is 0 Å². The molecule has 0 unspecified atom stereocenters. The van der Waals surface area contributed by atoms with Crippen LogP contribution in [-0.2, 0) is 14.8 Å². The Morgan fingerprint density at radius 2 is 1.66 bits per heavy atom. The third kappa shape index (κ3) is 3.32. The number of urea groups is 1. The second-order valence-corrected chi connectivity index (χ2v) is 9.53. The van der Waals surface area contributed by atoms with Gasteiger partial charge in [-0.25, -0.2) is 18.1 Å². The Labute approximate surface area is 170 Å². The van der Waals surface area contributed by atoms with Crippen LogP contribution in [0.2, 0.25) is 0 Å². The number of carbonyl (C=O) groups excluding carboxylic acids is 2. The zero-order valence-corrected chi connectivity index (χ0v) is 17.1. The van der Waals surface area contributed by atoms with Crippen molar-refractivity contribution in [1.29, 1.82) is 0 Å². The summed E-state index contributed by atoms with van der Waals surface area (Å²) < 4.78 is 27.5. The fraction of sp³-hybridized carbons (Fsp3) is 0.333. The molecule has 0 radical (unpaired) electrons. The molecule has 2 saturated heterocycles. The third-order valence-electron chi connectivity index (χ3n) is 5.50. The van der Waals surface area contributed by atoms with Crippen LogP contribution < -0.4 is 10.2 Å². The number of carbonyl (C=O) groups is 2. The summed E-state index contributed by atoms with van der Waals surface area (Å²) in [4.78, 5) is 27.1. The van der Waals surface area contributed by atoms with Gasteiger partial charge in [0.15, 0.2) is 0 Å². The van der Waals surface area contributed by atoms with E-state index in [4.69, 9.17) is 0 Å². The highest BCUT2D eigenvalue weighted by molar-refractivity contribution is 7.89. The van der Waals surface area contributed by atoms with Gasteiger partial charge in [0.1, 0.15) is 6.04 Å². The van der Waals surface area contributed by atoms with Crippen LogP contribution in [0.25, 0.3) is 0 Å². The number of anilines is 1. The summed E-state index contributed by atoms with van der Waals surface area (Å²) in [6.45, 7) is 4.30. The van der Waals surface area contributed by atoms with E-state index in [1.165, 1.54) is 16.4 Å². The number of nitrogens with zero attached hydrogens (tertiary/aromatic N) is 2. The highest BCUT2D eigenvalue weighted by atomic mass is 32.2. The summed E-state index contributed by atoms with van der Waals surface area (Å²) in [6.07, 6.45) is 0.397. The molecule has 0 aliphatic carbocycles. The fourth-order valence-electron chi connectivity index (χ4n) is 3.92. The van der Waals surface area contributed by atoms with E-state index in [1.807, 2.05) is 12.1 Å². The van der Waals surface area contributed by atoms with Crippen LogP contribution in [-0.4, -0.2) is 43.3 Å². The molecule has 8 heteroatoms. The first kappa shape index (κ1) is 19.6. The maximum Gasteiger partial charge on any atom is 0.329 e. The summed E-state index contributed by atoms with van der Waals surface area (Å²) in [6, 6.07) is 13.2. The first-order valence-electron chi connectivity index (χ1n) is 9.62. The van der Waals surface area contributed by atoms with E-state index in [0.29, 0.717) is 18.0 Å². The SMILES string of the molecule is CC(C)c1ccc(N2C(=O)N[C@@H]3CCN(S(=O)(=O)c4ccccc4)[C@H]3C2=O)cc1. The predicted octanol–water partition coefficient (Wildman–Crippen LogP) is 2.70. The predicted molar refractivity (Wildman–Crippen MR) is 109 cm³/mol. The lowest BCUT2D eigenvalue weighted by atomic mass is 10.0. The topological polar surface area (TPSA) is 86.8 Å². The van der Waals surface area contributed by atoms with Gasteiger partial charge in [-0.1, -0.05) is 44.2 Å². The van der Waals surface area contributed by atoms with Crippen LogP contribution in [0, 0.1) is 0 Å². The third-order valence-corrected chi connectivity index (χ3v) is 7.40. The van der Waals surface area contributed by atoms with Crippen LogP contribution in [0.15, 0.2) is 59.5 Å². The summed E-state index contributed by atoms with van der Waals surface area (Å²) in [5.74, 6) is -0.200. The molecule has 1 N–H and O–H groups in total. The van der Waals surface area contributed by atoms with Crippen molar-refractivity contribution in [3.8, 4) is 0 Å². The molecule has 2 aliphatic heterocycles. The standard InChI is InChI=1S/C21H23N3O4S/c1-14(2)15-8-10-16(11-9-15)24-20(25)19-18(22-21(24)26)12-13-23(19)29(27,28)17-6-4-3-5-7-17/h3-11,14,18-19H,12-13H2,1-2H3,(H,22,26)/t18-,19-/m1/s1. The summed E-state index contributed by atoms with van der Waals surface area (Å²) in [7, 11) is -3.85. The highest BCUT2D eigenvalue weighted by Crippen LogP contribution is 2.32. The number of amides is 3. The van der Waals surface area contributed by atoms with E-state index >= 15 is 0 Å². The van der Waals surface area contributed by atoms with Crippen molar-refractivity contribution < 1.29 is 18.0 Å². The van der Waals surface area contributed by atoms with Gasteiger partial charge in [0.2, 0.25) is 10.0 Å². The molecular formula is C21H23N3O4S. The molecule has 0 aromatic heterocycles. The smallest absolute Gasteiger partial charge is 0.329 e. The second kappa shape index (κ2) is 7.27. The van der Waals surface area contributed by atoms with Gasteiger partial charge in [-0.15, -0.1) is 0 Å². The average Bonchev–Trinajstić information content (AvgIpc) is 3.14. The normalized spacial score (nSPS) is 22.7. The Bertz CT molecular complexity index is 1040. The van der Waals surface area contributed by atoms with Crippen molar-refractivity contribution in [2.45, 2.75) is 43.2 Å². The molecule has 0 bridgehead atoms. The largest absolute Gasteiger partial charge is 0.332 e. The first-order valence-corrected chi connectivity index (χ1v) is 11.1. The Morgan fingerprint density at radius 1 is 1.00 bits per heavy atom. The molecule has 0 spiro atoms. The van der Waals surface area contributed by atoms with Gasteiger partial charge in [-0.3, -0.25) is 4.79 Å². The average molecular weight is 413 g/mol. The zero-order chi connectivity index (χ0) is 20.8. The van der Waals surface area contributed by atoms with Gasteiger partial charge in [0.25, 0.3) is 5.91 Å². The second-order valence-electron chi connectivity index (χ2n) is 7.64. The Balaban J connectivity index is 1.67. The Hall–Kier alpha value is -2.71.